The van der Waals surface area contributed by atoms with E-state index in [0.717, 1.165) is 0 Å². The van der Waals surface area contributed by atoms with E-state index in [4.69, 9.17) is 4.74 Å². The fraction of sp³-hybridized carbons (Fsp3) is 1.00. The first kappa shape index (κ1) is 15.9. The van der Waals surface area contributed by atoms with Gasteiger partial charge >= 0.3 is 0 Å². The van der Waals surface area contributed by atoms with Gasteiger partial charge in [0.25, 0.3) is 0 Å². The lowest BCUT2D eigenvalue weighted by Crippen LogP contribution is -2.45. The molecule has 2 unspecified atom stereocenters. The third kappa shape index (κ3) is 5.24. The van der Waals surface area contributed by atoms with Gasteiger partial charge in [-0.25, -0.2) is 8.42 Å². The van der Waals surface area contributed by atoms with Crippen molar-refractivity contribution < 1.29 is 13.2 Å². The van der Waals surface area contributed by atoms with Crippen LogP contribution in [-0.2, 0) is 14.6 Å². The molecule has 0 spiro atoms. The standard InChI is InChI=1S/C13H27NO3S/c1-14-12(9-10-18(3,15)16)13(17-2)11-7-5-4-6-8-11/h11-14H,4-10H2,1-3H3. The molecule has 1 fully saturated rings. The molecule has 0 bridgehead atoms. The molecule has 4 nitrogen and oxygen atoms in total. The van der Waals surface area contributed by atoms with Crippen molar-refractivity contribution in [2.45, 2.75) is 50.7 Å². The van der Waals surface area contributed by atoms with Crippen molar-refractivity contribution in [3.05, 3.63) is 0 Å². The zero-order chi connectivity index (χ0) is 13.6. The van der Waals surface area contributed by atoms with E-state index in [1.807, 2.05) is 7.05 Å². The molecule has 0 heterocycles. The van der Waals surface area contributed by atoms with Crippen molar-refractivity contribution in [2.24, 2.45) is 5.92 Å². The Kier molecular flexibility index (Phi) is 6.60. The van der Waals surface area contributed by atoms with Crippen LogP contribution in [0.4, 0.5) is 0 Å². The fourth-order valence-corrected chi connectivity index (χ4v) is 3.64. The van der Waals surface area contributed by atoms with E-state index >= 15 is 0 Å². The van der Waals surface area contributed by atoms with Gasteiger partial charge in [-0.3, -0.25) is 0 Å². The molecular formula is C13H27NO3S. The smallest absolute Gasteiger partial charge is 0.147 e. The Morgan fingerprint density at radius 3 is 2.33 bits per heavy atom. The van der Waals surface area contributed by atoms with Gasteiger partial charge in [0.1, 0.15) is 9.84 Å². The number of nitrogens with one attached hydrogen (secondary N) is 1. The zero-order valence-electron chi connectivity index (χ0n) is 11.8. The summed E-state index contributed by atoms with van der Waals surface area (Å²) in [6, 6.07) is 0.132. The fourth-order valence-electron chi connectivity index (χ4n) is 2.96. The summed E-state index contributed by atoms with van der Waals surface area (Å²) in [7, 11) is 0.734. The number of methoxy groups -OCH3 is 1. The molecule has 1 rings (SSSR count). The van der Waals surface area contributed by atoms with Crippen LogP contribution in [0.1, 0.15) is 38.5 Å². The van der Waals surface area contributed by atoms with Crippen LogP contribution in [0, 0.1) is 5.92 Å². The predicted molar refractivity (Wildman–Crippen MR) is 74.5 cm³/mol. The number of hydrogen-bond donors (Lipinski definition) is 1. The Bertz CT molecular complexity index is 323. The minimum atomic E-state index is -2.90. The van der Waals surface area contributed by atoms with Crippen molar-refractivity contribution in [3.63, 3.8) is 0 Å². The quantitative estimate of drug-likeness (QED) is 0.768. The van der Waals surface area contributed by atoms with Gasteiger partial charge in [0.2, 0.25) is 0 Å². The van der Waals surface area contributed by atoms with E-state index in [0.29, 0.717) is 12.3 Å². The molecule has 0 aromatic heterocycles. The highest BCUT2D eigenvalue weighted by Crippen LogP contribution is 2.30. The third-order valence-electron chi connectivity index (χ3n) is 3.95. The van der Waals surface area contributed by atoms with Crippen molar-refractivity contribution in [1.29, 1.82) is 0 Å². The first-order valence-electron chi connectivity index (χ1n) is 6.85. The maximum absolute atomic E-state index is 11.3. The Balaban J connectivity index is 2.58. The maximum Gasteiger partial charge on any atom is 0.147 e. The number of hydrogen-bond acceptors (Lipinski definition) is 4. The molecule has 0 saturated heterocycles. The lowest BCUT2D eigenvalue weighted by atomic mass is 9.82. The summed E-state index contributed by atoms with van der Waals surface area (Å²) in [5.74, 6) is 0.797. The molecule has 1 aliphatic carbocycles. The molecule has 0 aromatic carbocycles. The van der Waals surface area contributed by atoms with Gasteiger partial charge < -0.3 is 10.1 Å². The second-order valence-electron chi connectivity index (χ2n) is 5.41. The summed E-state index contributed by atoms with van der Waals surface area (Å²) < 4.78 is 28.2. The van der Waals surface area contributed by atoms with Gasteiger partial charge in [-0.1, -0.05) is 19.3 Å². The van der Waals surface area contributed by atoms with E-state index in [1.165, 1.54) is 38.4 Å². The number of ether oxygens (including phenoxy) is 1. The van der Waals surface area contributed by atoms with Crippen LogP contribution >= 0.6 is 0 Å². The summed E-state index contributed by atoms with van der Waals surface area (Å²) in [6.07, 6.45) is 8.33. The molecule has 2 atom stereocenters. The maximum atomic E-state index is 11.3. The van der Waals surface area contributed by atoms with Gasteiger partial charge in [0.15, 0.2) is 0 Å². The van der Waals surface area contributed by atoms with E-state index in [1.54, 1.807) is 7.11 Å². The highest BCUT2D eigenvalue weighted by Gasteiger charge is 2.30. The lowest BCUT2D eigenvalue weighted by Gasteiger charge is -2.34. The van der Waals surface area contributed by atoms with Gasteiger partial charge in [0.05, 0.1) is 11.9 Å². The average Bonchev–Trinajstić information content (AvgIpc) is 2.34. The molecule has 5 heteroatoms. The lowest BCUT2D eigenvalue weighted by molar-refractivity contribution is 0.00937. The van der Waals surface area contributed by atoms with Gasteiger partial charge in [-0.05, 0) is 32.2 Å². The van der Waals surface area contributed by atoms with Crippen molar-refractivity contribution >= 4 is 9.84 Å². The van der Waals surface area contributed by atoms with Crippen LogP contribution in [0.15, 0.2) is 0 Å². The van der Waals surface area contributed by atoms with Crippen LogP contribution in [0.3, 0.4) is 0 Å². The topological polar surface area (TPSA) is 55.4 Å². The largest absolute Gasteiger partial charge is 0.380 e. The summed E-state index contributed by atoms with van der Waals surface area (Å²) >= 11 is 0. The highest BCUT2D eigenvalue weighted by molar-refractivity contribution is 7.90. The van der Waals surface area contributed by atoms with E-state index in [-0.39, 0.29) is 17.9 Å². The van der Waals surface area contributed by atoms with Gasteiger partial charge in [-0.15, -0.1) is 0 Å². The molecule has 0 aromatic rings. The summed E-state index contributed by atoms with van der Waals surface area (Å²) in [4.78, 5) is 0. The molecular weight excluding hydrogens is 250 g/mol. The second-order valence-corrected chi connectivity index (χ2v) is 7.67. The Hall–Kier alpha value is -0.130. The first-order valence-corrected chi connectivity index (χ1v) is 8.91. The summed E-state index contributed by atoms with van der Waals surface area (Å²) in [5, 5.41) is 3.23. The zero-order valence-corrected chi connectivity index (χ0v) is 12.6. The van der Waals surface area contributed by atoms with Crippen LogP contribution in [0.5, 0.6) is 0 Å². The molecule has 1 aliphatic rings. The molecule has 1 saturated carbocycles. The highest BCUT2D eigenvalue weighted by atomic mass is 32.2. The number of sulfone groups is 1. The minimum absolute atomic E-state index is 0.132. The summed E-state index contributed by atoms with van der Waals surface area (Å²) in [6.45, 7) is 0. The first-order chi connectivity index (χ1) is 8.48. The van der Waals surface area contributed by atoms with Crippen LogP contribution < -0.4 is 5.32 Å². The normalized spacial score (nSPS) is 21.7. The van der Waals surface area contributed by atoms with Crippen molar-refractivity contribution in [3.8, 4) is 0 Å². The average molecular weight is 277 g/mol. The Labute approximate surface area is 111 Å². The molecule has 18 heavy (non-hydrogen) atoms. The van der Waals surface area contributed by atoms with Gasteiger partial charge in [-0.2, -0.15) is 0 Å². The molecule has 108 valence electrons. The number of rotatable bonds is 7. The van der Waals surface area contributed by atoms with Crippen molar-refractivity contribution in [2.75, 3.05) is 26.2 Å². The van der Waals surface area contributed by atoms with Crippen LogP contribution in [-0.4, -0.2) is 46.7 Å². The molecule has 0 aliphatic heterocycles. The number of likely N-dealkylation sites (N-methyl/N-ethyl adjacent to an activating group) is 1. The van der Waals surface area contributed by atoms with E-state index < -0.39 is 9.84 Å². The second kappa shape index (κ2) is 7.46. The van der Waals surface area contributed by atoms with Crippen LogP contribution in [0.2, 0.25) is 0 Å². The third-order valence-corrected chi connectivity index (χ3v) is 4.93. The molecule has 0 amide bonds. The van der Waals surface area contributed by atoms with Crippen LogP contribution in [0.25, 0.3) is 0 Å². The monoisotopic (exact) mass is 277 g/mol. The molecule has 1 N–H and O–H groups in total. The van der Waals surface area contributed by atoms with Crippen molar-refractivity contribution in [1.82, 2.24) is 5.32 Å². The Morgan fingerprint density at radius 2 is 1.89 bits per heavy atom. The predicted octanol–water partition coefficient (Wildman–Crippen LogP) is 1.60. The Morgan fingerprint density at radius 1 is 1.28 bits per heavy atom. The van der Waals surface area contributed by atoms with E-state index in [2.05, 4.69) is 5.32 Å². The molecule has 0 radical (unpaired) electrons. The SMILES string of the molecule is CNC(CCS(C)(=O)=O)C(OC)C1CCCCC1. The minimum Gasteiger partial charge on any atom is -0.380 e. The van der Waals surface area contributed by atoms with Gasteiger partial charge in [0, 0.05) is 19.4 Å². The summed E-state index contributed by atoms with van der Waals surface area (Å²) in [5.41, 5.74) is 0. The van der Waals surface area contributed by atoms with E-state index in [9.17, 15) is 8.42 Å².